The summed E-state index contributed by atoms with van der Waals surface area (Å²) in [6.45, 7) is 4.10. The van der Waals surface area contributed by atoms with Gasteiger partial charge < -0.3 is 18.6 Å². The molecule has 160 valence electrons. The molecule has 2 aromatic rings. The molecule has 9 heteroatoms. The fourth-order valence-corrected chi connectivity index (χ4v) is 3.45. The lowest BCUT2D eigenvalue weighted by atomic mass is 10.1. The third kappa shape index (κ3) is 4.61. The third-order valence-electron chi connectivity index (χ3n) is 5.13. The smallest absolute Gasteiger partial charge is 0.326 e. The number of amides is 3. The minimum atomic E-state index is -0.541. The van der Waals surface area contributed by atoms with E-state index in [0.717, 1.165) is 22.0 Å². The number of esters is 1. The number of aryl methyl sites for hydroxylation is 1. The molecule has 1 aliphatic rings. The van der Waals surface area contributed by atoms with Gasteiger partial charge in [-0.3, -0.25) is 19.3 Å². The molecular formula is C21H25N3O6. The Morgan fingerprint density at radius 3 is 2.63 bits per heavy atom. The minimum absolute atomic E-state index is 0.0194. The SMILES string of the molecule is Cc1cc(C(=O)COC(=O)CCCN2C(=O)CN(C)C2=O)c(C)n1Cc1ccco1. The average molecular weight is 415 g/mol. The molecule has 1 aliphatic heterocycles. The van der Waals surface area contributed by atoms with Gasteiger partial charge in [-0.2, -0.15) is 0 Å². The van der Waals surface area contributed by atoms with Crippen LogP contribution in [0.5, 0.6) is 0 Å². The van der Waals surface area contributed by atoms with Crippen LogP contribution in [0.4, 0.5) is 4.79 Å². The third-order valence-corrected chi connectivity index (χ3v) is 5.13. The predicted octanol–water partition coefficient (Wildman–Crippen LogP) is 2.15. The molecule has 1 fully saturated rings. The van der Waals surface area contributed by atoms with E-state index in [4.69, 9.17) is 9.15 Å². The van der Waals surface area contributed by atoms with Crippen molar-refractivity contribution in [3.63, 3.8) is 0 Å². The molecule has 3 amide bonds. The van der Waals surface area contributed by atoms with Crippen LogP contribution in [-0.2, 0) is 20.9 Å². The van der Waals surface area contributed by atoms with Crippen molar-refractivity contribution in [2.75, 3.05) is 26.7 Å². The number of hydrogen-bond acceptors (Lipinski definition) is 6. The number of imide groups is 1. The van der Waals surface area contributed by atoms with E-state index < -0.39 is 5.97 Å². The predicted molar refractivity (Wildman–Crippen MR) is 106 cm³/mol. The Bertz CT molecular complexity index is 960. The normalized spacial score (nSPS) is 14.0. The molecule has 0 spiro atoms. The number of likely N-dealkylation sites (N-methyl/N-ethyl adjacent to an activating group) is 1. The summed E-state index contributed by atoms with van der Waals surface area (Å²) in [5.41, 5.74) is 2.19. The van der Waals surface area contributed by atoms with Gasteiger partial charge >= 0.3 is 12.0 Å². The lowest BCUT2D eigenvalue weighted by Crippen LogP contribution is -2.32. The lowest BCUT2D eigenvalue weighted by Gasteiger charge is -2.13. The van der Waals surface area contributed by atoms with Crippen molar-refractivity contribution in [3.05, 3.63) is 47.2 Å². The Morgan fingerprint density at radius 2 is 2.00 bits per heavy atom. The number of ether oxygens (including phenoxy) is 1. The van der Waals surface area contributed by atoms with Crippen LogP contribution in [0.25, 0.3) is 0 Å². The molecule has 1 saturated heterocycles. The van der Waals surface area contributed by atoms with Crippen LogP contribution < -0.4 is 0 Å². The Hall–Kier alpha value is -3.36. The van der Waals surface area contributed by atoms with E-state index in [1.165, 1.54) is 4.90 Å². The number of hydrogen-bond donors (Lipinski definition) is 0. The Kier molecular flexibility index (Phi) is 6.39. The van der Waals surface area contributed by atoms with Crippen molar-refractivity contribution in [2.45, 2.75) is 33.2 Å². The van der Waals surface area contributed by atoms with E-state index in [9.17, 15) is 19.2 Å². The van der Waals surface area contributed by atoms with Crippen LogP contribution >= 0.6 is 0 Å². The Labute approximate surface area is 174 Å². The van der Waals surface area contributed by atoms with Gasteiger partial charge in [0.05, 0.1) is 12.8 Å². The summed E-state index contributed by atoms with van der Waals surface area (Å²) in [6.07, 6.45) is 1.91. The summed E-state index contributed by atoms with van der Waals surface area (Å²) in [6, 6.07) is 5.08. The van der Waals surface area contributed by atoms with Crippen LogP contribution in [0.3, 0.4) is 0 Å². The highest BCUT2D eigenvalue weighted by Crippen LogP contribution is 2.18. The quantitative estimate of drug-likeness (QED) is 0.353. The number of carbonyl (C=O) groups is 4. The Morgan fingerprint density at radius 1 is 1.23 bits per heavy atom. The highest BCUT2D eigenvalue weighted by molar-refractivity contribution is 6.02. The highest BCUT2D eigenvalue weighted by atomic mass is 16.5. The van der Waals surface area contributed by atoms with Crippen LogP contribution in [0, 0.1) is 13.8 Å². The first kappa shape index (κ1) is 21.4. The van der Waals surface area contributed by atoms with Crippen molar-refractivity contribution < 1.29 is 28.3 Å². The lowest BCUT2D eigenvalue weighted by molar-refractivity contribution is -0.142. The number of nitrogens with zero attached hydrogens (tertiary/aromatic N) is 3. The van der Waals surface area contributed by atoms with Gasteiger partial charge in [0.25, 0.3) is 0 Å². The summed E-state index contributed by atoms with van der Waals surface area (Å²) < 4.78 is 12.4. The van der Waals surface area contributed by atoms with Crippen LogP contribution in [-0.4, -0.2) is 64.8 Å². The highest BCUT2D eigenvalue weighted by Gasteiger charge is 2.32. The van der Waals surface area contributed by atoms with E-state index in [1.807, 2.05) is 30.5 Å². The maximum Gasteiger partial charge on any atom is 0.326 e. The molecule has 0 aromatic carbocycles. The molecule has 0 atom stereocenters. The average Bonchev–Trinajstić information content (AvgIpc) is 3.38. The first-order valence-electron chi connectivity index (χ1n) is 9.71. The Balaban J connectivity index is 1.48. The number of Topliss-reactive ketones (excluding diaryl/α,β-unsaturated/α-hetero) is 1. The standard InChI is InChI=1S/C21H25N3O6/c1-14-10-17(15(2)24(14)11-16-6-5-9-29-16)18(25)13-30-20(27)7-4-8-23-19(26)12-22(3)21(23)28/h5-6,9-10H,4,7-8,11-13H2,1-3H3. The van der Waals surface area contributed by atoms with Crippen molar-refractivity contribution in [3.8, 4) is 0 Å². The molecule has 0 saturated carbocycles. The summed E-state index contributed by atoms with van der Waals surface area (Å²) in [4.78, 5) is 50.4. The molecule has 0 bridgehead atoms. The van der Waals surface area contributed by atoms with E-state index in [2.05, 4.69) is 0 Å². The van der Waals surface area contributed by atoms with Crippen LogP contribution in [0.2, 0.25) is 0 Å². The van der Waals surface area contributed by atoms with E-state index in [1.54, 1.807) is 19.4 Å². The summed E-state index contributed by atoms with van der Waals surface area (Å²) in [5.74, 6) is -0.326. The van der Waals surface area contributed by atoms with Crippen molar-refractivity contribution >= 4 is 23.7 Å². The topological polar surface area (TPSA) is 102 Å². The summed E-state index contributed by atoms with van der Waals surface area (Å²) in [7, 11) is 1.55. The molecule has 30 heavy (non-hydrogen) atoms. The number of carbonyl (C=O) groups excluding carboxylic acids is 4. The minimum Gasteiger partial charge on any atom is -0.467 e. The van der Waals surface area contributed by atoms with Gasteiger partial charge in [0.15, 0.2) is 6.61 Å². The van der Waals surface area contributed by atoms with Gasteiger partial charge in [-0.1, -0.05) is 0 Å². The van der Waals surface area contributed by atoms with E-state index in [-0.39, 0.29) is 50.3 Å². The largest absolute Gasteiger partial charge is 0.467 e. The summed E-state index contributed by atoms with van der Waals surface area (Å²) >= 11 is 0. The fourth-order valence-electron chi connectivity index (χ4n) is 3.45. The van der Waals surface area contributed by atoms with Crippen LogP contribution in [0.15, 0.2) is 28.9 Å². The van der Waals surface area contributed by atoms with Crippen molar-refractivity contribution in [2.24, 2.45) is 0 Å². The first-order chi connectivity index (χ1) is 14.3. The molecule has 0 N–H and O–H groups in total. The number of rotatable bonds is 9. The number of aromatic nitrogens is 1. The number of furan rings is 1. The molecule has 2 aromatic heterocycles. The molecule has 3 heterocycles. The zero-order chi connectivity index (χ0) is 21.8. The monoisotopic (exact) mass is 415 g/mol. The second kappa shape index (κ2) is 8.98. The zero-order valence-corrected chi connectivity index (χ0v) is 17.3. The summed E-state index contributed by atoms with van der Waals surface area (Å²) in [5, 5.41) is 0. The van der Waals surface area contributed by atoms with Gasteiger partial charge in [0.1, 0.15) is 12.3 Å². The molecule has 0 radical (unpaired) electrons. The van der Waals surface area contributed by atoms with Gasteiger partial charge in [-0.05, 0) is 38.5 Å². The van der Waals surface area contributed by atoms with E-state index in [0.29, 0.717) is 12.1 Å². The molecule has 3 rings (SSSR count). The number of ketones is 1. The molecular weight excluding hydrogens is 390 g/mol. The van der Waals surface area contributed by atoms with Crippen molar-refractivity contribution in [1.29, 1.82) is 0 Å². The molecule has 9 nitrogen and oxygen atoms in total. The van der Waals surface area contributed by atoms with Crippen LogP contribution in [0.1, 0.15) is 40.3 Å². The van der Waals surface area contributed by atoms with Crippen molar-refractivity contribution in [1.82, 2.24) is 14.4 Å². The second-order valence-electron chi connectivity index (χ2n) is 7.32. The first-order valence-corrected chi connectivity index (χ1v) is 9.71. The fraction of sp³-hybridized carbons (Fsp3) is 0.429. The van der Waals surface area contributed by atoms with E-state index >= 15 is 0 Å². The second-order valence-corrected chi connectivity index (χ2v) is 7.32. The maximum absolute atomic E-state index is 12.5. The molecule has 0 aliphatic carbocycles. The van der Waals surface area contributed by atoms with Gasteiger partial charge in [0.2, 0.25) is 11.7 Å². The zero-order valence-electron chi connectivity index (χ0n) is 17.3. The molecule has 0 unspecified atom stereocenters. The number of urea groups is 1. The van der Waals surface area contributed by atoms with Gasteiger partial charge in [-0.15, -0.1) is 0 Å². The van der Waals surface area contributed by atoms with Gasteiger partial charge in [0, 0.05) is 37.0 Å². The maximum atomic E-state index is 12.5. The van der Waals surface area contributed by atoms with Gasteiger partial charge in [-0.25, -0.2) is 4.79 Å².